The van der Waals surface area contributed by atoms with Crippen molar-refractivity contribution in [2.24, 2.45) is 0 Å². The molecule has 0 saturated carbocycles. The molecule has 0 radical (unpaired) electrons. The Bertz CT molecular complexity index is 1550. The van der Waals surface area contributed by atoms with Gasteiger partial charge in [-0.1, -0.05) is 30.3 Å². The molecule has 8 nitrogen and oxygen atoms in total. The Hall–Kier alpha value is -4.51. The van der Waals surface area contributed by atoms with Gasteiger partial charge < -0.3 is 10.5 Å². The van der Waals surface area contributed by atoms with Gasteiger partial charge in [-0.25, -0.2) is 4.98 Å². The Labute approximate surface area is 190 Å². The van der Waals surface area contributed by atoms with Crippen molar-refractivity contribution in [1.82, 2.24) is 24.6 Å². The first kappa shape index (κ1) is 20.4. The summed E-state index contributed by atoms with van der Waals surface area (Å²) < 4.78 is 7.31. The number of anilines is 1. The summed E-state index contributed by atoms with van der Waals surface area (Å²) in [4.78, 5) is 8.78. The third kappa shape index (κ3) is 3.40. The van der Waals surface area contributed by atoms with Crippen LogP contribution in [0.3, 0.4) is 0 Å². The minimum atomic E-state index is -0.564. The van der Waals surface area contributed by atoms with Crippen LogP contribution < -0.4 is 10.5 Å². The molecule has 5 rings (SSSR count). The van der Waals surface area contributed by atoms with E-state index in [0.717, 1.165) is 33.3 Å². The molecule has 2 aromatic carbocycles. The molecule has 8 heteroatoms. The van der Waals surface area contributed by atoms with E-state index in [9.17, 15) is 5.26 Å². The minimum Gasteiger partial charge on any atom is -0.493 e. The molecule has 2 N–H and O–H groups in total. The lowest BCUT2D eigenvalue weighted by atomic mass is 9.86. The van der Waals surface area contributed by atoms with E-state index in [4.69, 9.17) is 10.5 Å². The summed E-state index contributed by atoms with van der Waals surface area (Å²) in [6.45, 7) is 3.80. The number of fused-ring (bicyclic) bond motifs is 3. The summed E-state index contributed by atoms with van der Waals surface area (Å²) in [6.07, 6.45) is 3.43. The van der Waals surface area contributed by atoms with Crippen molar-refractivity contribution in [3.63, 3.8) is 0 Å². The third-order valence-electron chi connectivity index (χ3n) is 5.80. The number of pyridine rings is 1. The monoisotopic (exact) mass is 435 g/mol. The van der Waals surface area contributed by atoms with Crippen molar-refractivity contribution in [3.05, 3.63) is 66.5 Å². The highest BCUT2D eigenvalue weighted by Crippen LogP contribution is 2.31. The summed E-state index contributed by atoms with van der Waals surface area (Å²) in [5.41, 5.74) is 11.3. The van der Waals surface area contributed by atoms with Crippen LogP contribution in [0.15, 0.2) is 60.9 Å². The molecule has 0 fully saturated rings. The zero-order chi connectivity index (χ0) is 23.2. The van der Waals surface area contributed by atoms with Gasteiger partial charge in [0.05, 0.1) is 35.8 Å². The second kappa shape index (κ2) is 7.57. The first-order valence-electron chi connectivity index (χ1n) is 10.4. The van der Waals surface area contributed by atoms with Crippen LogP contribution >= 0.6 is 0 Å². The maximum absolute atomic E-state index is 9.43. The Kier molecular flexibility index (Phi) is 4.68. The first-order valence-corrected chi connectivity index (χ1v) is 10.4. The van der Waals surface area contributed by atoms with Gasteiger partial charge in [0, 0.05) is 17.3 Å². The molecular weight excluding hydrogens is 414 g/mol. The normalized spacial score (nSPS) is 11.6. The van der Waals surface area contributed by atoms with E-state index in [-0.39, 0.29) is 0 Å². The third-order valence-corrected chi connectivity index (χ3v) is 5.80. The Balaban J connectivity index is 1.68. The van der Waals surface area contributed by atoms with Gasteiger partial charge in [-0.15, -0.1) is 10.2 Å². The molecule has 0 bridgehead atoms. The number of ether oxygens (including phenoxy) is 1. The van der Waals surface area contributed by atoms with Crippen molar-refractivity contribution in [1.29, 1.82) is 5.26 Å². The molecule has 0 amide bonds. The molecule has 3 aromatic heterocycles. The first-order chi connectivity index (χ1) is 15.9. The van der Waals surface area contributed by atoms with Gasteiger partial charge in [0.15, 0.2) is 23.0 Å². The molecule has 0 aliphatic carbocycles. The fourth-order valence-corrected chi connectivity index (χ4v) is 3.80. The standard InChI is InChI=1S/C25H21N7O/c1-25(2,14-26)18-7-4-15(5-8-18)24-31-30-22-13-28-19-9-6-16(10-20(19)32(22)24)17-11-21(33-3)23(27)29-12-17/h4-13H,1-3H3,(H2,27,29). The van der Waals surface area contributed by atoms with Crippen molar-refractivity contribution < 1.29 is 4.74 Å². The lowest BCUT2D eigenvalue weighted by Crippen LogP contribution is -2.13. The maximum atomic E-state index is 9.43. The number of aromatic nitrogens is 5. The molecule has 0 atom stereocenters. The summed E-state index contributed by atoms with van der Waals surface area (Å²) in [6, 6.07) is 18.0. The number of nitrogen functional groups attached to an aromatic ring is 1. The maximum Gasteiger partial charge on any atom is 0.180 e. The number of nitrogens with two attached hydrogens (primary N) is 1. The lowest BCUT2D eigenvalue weighted by molar-refractivity contribution is 0.415. The van der Waals surface area contributed by atoms with Crippen LogP contribution in [0, 0.1) is 11.3 Å². The number of nitriles is 1. The van der Waals surface area contributed by atoms with Crippen LogP contribution in [0.4, 0.5) is 5.82 Å². The summed E-state index contributed by atoms with van der Waals surface area (Å²) >= 11 is 0. The van der Waals surface area contributed by atoms with Crippen molar-refractivity contribution in [3.8, 4) is 34.3 Å². The fraction of sp³-hybridized carbons (Fsp3) is 0.160. The van der Waals surface area contributed by atoms with Crippen molar-refractivity contribution in [2.75, 3.05) is 12.8 Å². The number of rotatable bonds is 4. The molecule has 5 aromatic rings. The average molecular weight is 435 g/mol. The molecule has 33 heavy (non-hydrogen) atoms. The zero-order valence-corrected chi connectivity index (χ0v) is 18.4. The van der Waals surface area contributed by atoms with Crippen LogP contribution in [-0.4, -0.2) is 31.7 Å². The van der Waals surface area contributed by atoms with E-state index in [1.54, 1.807) is 19.5 Å². The molecule has 0 aliphatic rings. The van der Waals surface area contributed by atoms with Gasteiger partial charge in [0.2, 0.25) is 0 Å². The largest absolute Gasteiger partial charge is 0.493 e. The van der Waals surface area contributed by atoms with Gasteiger partial charge in [-0.05, 0) is 43.2 Å². The van der Waals surface area contributed by atoms with E-state index < -0.39 is 5.41 Å². The molecule has 0 spiro atoms. The molecular formula is C25H21N7O. The highest BCUT2D eigenvalue weighted by molar-refractivity contribution is 5.85. The predicted molar refractivity (Wildman–Crippen MR) is 127 cm³/mol. The van der Waals surface area contributed by atoms with Crippen LogP contribution in [0.25, 0.3) is 39.2 Å². The van der Waals surface area contributed by atoms with Crippen LogP contribution in [-0.2, 0) is 5.41 Å². The number of methoxy groups -OCH3 is 1. The highest BCUT2D eigenvalue weighted by Gasteiger charge is 2.20. The molecule has 0 unspecified atom stereocenters. The highest BCUT2D eigenvalue weighted by atomic mass is 16.5. The smallest absolute Gasteiger partial charge is 0.180 e. The predicted octanol–water partition coefficient (Wildman–Crippen LogP) is 4.40. The summed E-state index contributed by atoms with van der Waals surface area (Å²) in [5, 5.41) is 18.2. The average Bonchev–Trinajstić information content (AvgIpc) is 3.29. The number of nitrogens with zero attached hydrogens (tertiary/aromatic N) is 6. The van der Waals surface area contributed by atoms with E-state index in [0.29, 0.717) is 23.0 Å². The van der Waals surface area contributed by atoms with Gasteiger partial charge >= 0.3 is 0 Å². The summed E-state index contributed by atoms with van der Waals surface area (Å²) in [5.74, 6) is 1.56. The lowest BCUT2D eigenvalue weighted by Gasteiger charge is -2.15. The fourth-order valence-electron chi connectivity index (χ4n) is 3.80. The molecule has 162 valence electrons. The summed E-state index contributed by atoms with van der Waals surface area (Å²) in [7, 11) is 1.57. The molecule has 0 aliphatic heterocycles. The number of benzene rings is 2. The van der Waals surface area contributed by atoms with Crippen molar-refractivity contribution >= 4 is 22.5 Å². The van der Waals surface area contributed by atoms with E-state index in [1.807, 2.05) is 66.8 Å². The Morgan fingerprint density at radius 1 is 0.939 bits per heavy atom. The van der Waals surface area contributed by atoms with Crippen molar-refractivity contribution in [2.45, 2.75) is 19.3 Å². The SMILES string of the molecule is COc1cc(-c2ccc3ncc4nnc(-c5ccc(C(C)(C)C#N)cc5)n4c3c2)cnc1N. The van der Waals surface area contributed by atoms with Crippen LogP contribution in [0.1, 0.15) is 19.4 Å². The van der Waals surface area contributed by atoms with Crippen LogP contribution in [0.5, 0.6) is 5.75 Å². The Morgan fingerprint density at radius 2 is 1.70 bits per heavy atom. The zero-order valence-electron chi connectivity index (χ0n) is 18.4. The second-order valence-electron chi connectivity index (χ2n) is 8.30. The number of hydrogen-bond donors (Lipinski definition) is 1. The topological polar surface area (TPSA) is 115 Å². The number of hydrogen-bond acceptors (Lipinski definition) is 7. The quantitative estimate of drug-likeness (QED) is 0.445. The van der Waals surface area contributed by atoms with Gasteiger partial charge in [-0.3, -0.25) is 9.38 Å². The molecule has 0 saturated heterocycles. The van der Waals surface area contributed by atoms with Gasteiger partial charge in [0.1, 0.15) is 0 Å². The Morgan fingerprint density at radius 3 is 2.42 bits per heavy atom. The second-order valence-corrected chi connectivity index (χ2v) is 8.30. The van der Waals surface area contributed by atoms with Crippen LogP contribution in [0.2, 0.25) is 0 Å². The van der Waals surface area contributed by atoms with Gasteiger partial charge in [-0.2, -0.15) is 5.26 Å². The van der Waals surface area contributed by atoms with E-state index in [2.05, 4.69) is 26.2 Å². The van der Waals surface area contributed by atoms with E-state index >= 15 is 0 Å². The molecule has 3 heterocycles. The van der Waals surface area contributed by atoms with Gasteiger partial charge in [0.25, 0.3) is 0 Å². The minimum absolute atomic E-state index is 0.343. The van der Waals surface area contributed by atoms with E-state index in [1.165, 1.54) is 0 Å².